The Morgan fingerprint density at radius 1 is 1.08 bits per heavy atom. The van der Waals surface area contributed by atoms with Gasteiger partial charge in [-0.15, -0.1) is 0 Å². The SMILES string of the molecule is O=C([C@H]1CC(=O)N(C2CCCC2)C1)N1CCN(c2cnccn2)CC1. The zero-order valence-corrected chi connectivity index (χ0v) is 14.5. The van der Waals surface area contributed by atoms with E-state index in [2.05, 4.69) is 14.9 Å². The summed E-state index contributed by atoms with van der Waals surface area (Å²) in [5.41, 5.74) is 0. The van der Waals surface area contributed by atoms with Crippen molar-refractivity contribution in [3.8, 4) is 0 Å². The monoisotopic (exact) mass is 343 g/mol. The second-order valence-corrected chi connectivity index (χ2v) is 7.26. The summed E-state index contributed by atoms with van der Waals surface area (Å²) < 4.78 is 0. The van der Waals surface area contributed by atoms with Gasteiger partial charge in [0.25, 0.3) is 0 Å². The van der Waals surface area contributed by atoms with Crippen molar-refractivity contribution in [2.24, 2.45) is 5.92 Å². The lowest BCUT2D eigenvalue weighted by Crippen LogP contribution is -2.51. The minimum Gasteiger partial charge on any atom is -0.352 e. The maximum atomic E-state index is 12.9. The van der Waals surface area contributed by atoms with Gasteiger partial charge >= 0.3 is 0 Å². The maximum Gasteiger partial charge on any atom is 0.228 e. The Kier molecular flexibility index (Phi) is 4.55. The molecular formula is C18H25N5O2. The molecular weight excluding hydrogens is 318 g/mol. The van der Waals surface area contributed by atoms with Crippen LogP contribution in [0.4, 0.5) is 5.82 Å². The van der Waals surface area contributed by atoms with Gasteiger partial charge in [-0.1, -0.05) is 12.8 Å². The molecule has 0 aromatic carbocycles. The van der Waals surface area contributed by atoms with Gasteiger partial charge in [-0.3, -0.25) is 14.6 Å². The number of anilines is 1. The summed E-state index contributed by atoms with van der Waals surface area (Å²) in [6.07, 6.45) is 10.1. The molecule has 0 N–H and O–H groups in total. The number of likely N-dealkylation sites (tertiary alicyclic amines) is 1. The lowest BCUT2D eigenvalue weighted by molar-refractivity contribution is -0.136. The summed E-state index contributed by atoms with van der Waals surface area (Å²) in [6, 6.07) is 0.374. The summed E-state index contributed by atoms with van der Waals surface area (Å²) in [7, 11) is 0. The molecule has 3 fully saturated rings. The van der Waals surface area contributed by atoms with Crippen LogP contribution in [0.25, 0.3) is 0 Å². The Morgan fingerprint density at radius 2 is 1.84 bits per heavy atom. The molecule has 3 aliphatic rings. The predicted molar refractivity (Wildman–Crippen MR) is 92.9 cm³/mol. The number of hydrogen-bond acceptors (Lipinski definition) is 5. The largest absolute Gasteiger partial charge is 0.352 e. The van der Waals surface area contributed by atoms with Crippen LogP contribution < -0.4 is 4.90 Å². The van der Waals surface area contributed by atoms with Crippen LogP contribution in [0.2, 0.25) is 0 Å². The Morgan fingerprint density at radius 3 is 2.52 bits per heavy atom. The zero-order chi connectivity index (χ0) is 17.2. The van der Waals surface area contributed by atoms with E-state index in [1.54, 1.807) is 18.6 Å². The molecule has 2 aliphatic heterocycles. The first-order chi connectivity index (χ1) is 12.2. The summed E-state index contributed by atoms with van der Waals surface area (Å²) >= 11 is 0. The summed E-state index contributed by atoms with van der Waals surface area (Å²) in [6.45, 7) is 3.51. The molecule has 0 unspecified atom stereocenters. The van der Waals surface area contributed by atoms with Crippen LogP contribution in [-0.4, -0.2) is 70.3 Å². The molecule has 7 nitrogen and oxygen atoms in total. The molecule has 25 heavy (non-hydrogen) atoms. The van der Waals surface area contributed by atoms with Crippen LogP contribution in [0.5, 0.6) is 0 Å². The summed E-state index contributed by atoms with van der Waals surface area (Å²) in [5, 5.41) is 0. The Labute approximate surface area is 148 Å². The minimum absolute atomic E-state index is 0.146. The predicted octanol–water partition coefficient (Wildman–Crippen LogP) is 0.916. The second kappa shape index (κ2) is 6.98. The Bertz CT molecular complexity index is 624. The Balaban J connectivity index is 1.32. The van der Waals surface area contributed by atoms with E-state index >= 15 is 0 Å². The van der Waals surface area contributed by atoms with Gasteiger partial charge in [0.05, 0.1) is 12.1 Å². The van der Waals surface area contributed by atoms with Crippen molar-refractivity contribution in [1.82, 2.24) is 19.8 Å². The molecule has 0 spiro atoms. The third-order valence-electron chi connectivity index (χ3n) is 5.74. The van der Waals surface area contributed by atoms with E-state index in [0.29, 0.717) is 32.1 Å². The van der Waals surface area contributed by atoms with E-state index in [1.165, 1.54) is 12.8 Å². The number of hydrogen-bond donors (Lipinski definition) is 0. The lowest BCUT2D eigenvalue weighted by atomic mass is 10.1. The number of carbonyl (C=O) groups is 2. The second-order valence-electron chi connectivity index (χ2n) is 7.26. The highest BCUT2D eigenvalue weighted by molar-refractivity contribution is 5.89. The summed E-state index contributed by atoms with van der Waals surface area (Å²) in [4.78, 5) is 39.7. The fourth-order valence-corrected chi connectivity index (χ4v) is 4.33. The number of amides is 2. The molecule has 1 aliphatic carbocycles. The normalized spacial score (nSPS) is 25.0. The fourth-order valence-electron chi connectivity index (χ4n) is 4.33. The van der Waals surface area contributed by atoms with Gasteiger partial charge in [0.2, 0.25) is 11.8 Å². The minimum atomic E-state index is -0.156. The van der Waals surface area contributed by atoms with Gasteiger partial charge in [-0.05, 0) is 12.8 Å². The van der Waals surface area contributed by atoms with Crippen molar-refractivity contribution in [3.05, 3.63) is 18.6 Å². The van der Waals surface area contributed by atoms with Crippen LogP contribution in [-0.2, 0) is 9.59 Å². The van der Waals surface area contributed by atoms with Gasteiger partial charge in [-0.2, -0.15) is 0 Å². The molecule has 1 atom stereocenters. The summed E-state index contributed by atoms with van der Waals surface area (Å²) in [5.74, 6) is 1.02. The first-order valence-corrected chi connectivity index (χ1v) is 9.31. The molecule has 0 radical (unpaired) electrons. The van der Waals surface area contributed by atoms with Crippen molar-refractivity contribution in [3.63, 3.8) is 0 Å². The van der Waals surface area contributed by atoms with Crippen molar-refractivity contribution < 1.29 is 9.59 Å². The van der Waals surface area contributed by atoms with E-state index < -0.39 is 0 Å². The highest BCUT2D eigenvalue weighted by Crippen LogP contribution is 2.30. The first kappa shape index (κ1) is 16.3. The van der Waals surface area contributed by atoms with Crippen molar-refractivity contribution in [2.45, 2.75) is 38.1 Å². The average Bonchev–Trinajstić information content (AvgIpc) is 3.31. The average molecular weight is 343 g/mol. The number of piperazine rings is 1. The van der Waals surface area contributed by atoms with Crippen LogP contribution in [0.3, 0.4) is 0 Å². The number of rotatable bonds is 3. The van der Waals surface area contributed by atoms with Crippen LogP contribution >= 0.6 is 0 Å². The highest BCUT2D eigenvalue weighted by Gasteiger charge is 2.40. The van der Waals surface area contributed by atoms with Gasteiger partial charge in [-0.25, -0.2) is 4.98 Å². The molecule has 4 rings (SSSR count). The number of aromatic nitrogens is 2. The van der Waals surface area contributed by atoms with Crippen molar-refractivity contribution in [1.29, 1.82) is 0 Å². The molecule has 2 saturated heterocycles. The molecule has 3 heterocycles. The zero-order valence-electron chi connectivity index (χ0n) is 14.5. The van der Waals surface area contributed by atoms with Crippen molar-refractivity contribution in [2.75, 3.05) is 37.6 Å². The fraction of sp³-hybridized carbons (Fsp3) is 0.667. The van der Waals surface area contributed by atoms with E-state index in [4.69, 9.17) is 0 Å². The molecule has 1 aromatic rings. The third kappa shape index (κ3) is 3.32. The highest BCUT2D eigenvalue weighted by atomic mass is 16.2. The van der Waals surface area contributed by atoms with Crippen LogP contribution in [0.15, 0.2) is 18.6 Å². The smallest absolute Gasteiger partial charge is 0.228 e. The molecule has 2 amide bonds. The topological polar surface area (TPSA) is 69.6 Å². The van der Waals surface area contributed by atoms with Gasteiger partial charge in [0.1, 0.15) is 5.82 Å². The van der Waals surface area contributed by atoms with Gasteiger partial charge in [0, 0.05) is 57.6 Å². The Hall–Kier alpha value is -2.18. The van der Waals surface area contributed by atoms with E-state index in [1.807, 2.05) is 9.80 Å². The molecule has 134 valence electrons. The lowest BCUT2D eigenvalue weighted by Gasteiger charge is -2.36. The van der Waals surface area contributed by atoms with E-state index in [9.17, 15) is 9.59 Å². The van der Waals surface area contributed by atoms with Crippen LogP contribution in [0.1, 0.15) is 32.1 Å². The third-order valence-corrected chi connectivity index (χ3v) is 5.74. The molecule has 7 heteroatoms. The van der Waals surface area contributed by atoms with E-state index in [0.717, 1.165) is 31.7 Å². The number of nitrogens with zero attached hydrogens (tertiary/aromatic N) is 5. The molecule has 1 saturated carbocycles. The van der Waals surface area contributed by atoms with Gasteiger partial charge < -0.3 is 14.7 Å². The molecule has 1 aromatic heterocycles. The first-order valence-electron chi connectivity index (χ1n) is 9.31. The quantitative estimate of drug-likeness (QED) is 0.816. The van der Waals surface area contributed by atoms with E-state index in [-0.39, 0.29) is 17.7 Å². The maximum absolute atomic E-state index is 12.9. The standard InChI is InChI=1S/C18H25N5O2/c24-17-11-14(13-23(17)15-3-1-2-4-15)18(25)22-9-7-21(8-10-22)16-12-19-5-6-20-16/h5-6,12,14-15H,1-4,7-11,13H2/t14-/m0/s1. The molecule has 0 bridgehead atoms. The van der Waals surface area contributed by atoms with Gasteiger partial charge in [0.15, 0.2) is 0 Å². The van der Waals surface area contributed by atoms with Crippen LogP contribution in [0, 0.1) is 5.92 Å². The van der Waals surface area contributed by atoms with Crippen molar-refractivity contribution >= 4 is 17.6 Å². The number of carbonyl (C=O) groups excluding carboxylic acids is 2.